The third-order valence-corrected chi connectivity index (χ3v) is 2.34. The van der Waals surface area contributed by atoms with Crippen molar-refractivity contribution in [1.29, 1.82) is 0 Å². The van der Waals surface area contributed by atoms with E-state index in [0.717, 1.165) is 11.4 Å². The van der Waals surface area contributed by atoms with Crippen molar-refractivity contribution < 1.29 is 4.74 Å². The van der Waals surface area contributed by atoms with Gasteiger partial charge in [-0.15, -0.1) is 0 Å². The lowest BCUT2D eigenvalue weighted by Gasteiger charge is -2.08. The molecule has 0 spiro atoms. The highest BCUT2D eigenvalue weighted by Gasteiger charge is 2.01. The van der Waals surface area contributed by atoms with E-state index in [0.29, 0.717) is 12.5 Å². The van der Waals surface area contributed by atoms with Crippen LogP contribution in [0.1, 0.15) is 11.3 Å². The Morgan fingerprint density at radius 2 is 2.12 bits per heavy atom. The molecular formula is C12H15N3O. The molecule has 0 aliphatic rings. The monoisotopic (exact) mass is 217 g/mol. The topological polar surface area (TPSA) is 53.1 Å². The zero-order valence-electron chi connectivity index (χ0n) is 9.47. The lowest BCUT2D eigenvalue weighted by Crippen LogP contribution is -2.08. The molecule has 2 aromatic rings. The Morgan fingerprint density at radius 1 is 1.31 bits per heavy atom. The van der Waals surface area contributed by atoms with Gasteiger partial charge in [0.15, 0.2) is 6.73 Å². The molecule has 2 N–H and O–H groups in total. The summed E-state index contributed by atoms with van der Waals surface area (Å²) in [5, 5.41) is 4.12. The van der Waals surface area contributed by atoms with Gasteiger partial charge in [0, 0.05) is 11.8 Å². The van der Waals surface area contributed by atoms with E-state index >= 15 is 0 Å². The van der Waals surface area contributed by atoms with Crippen molar-refractivity contribution in [3.63, 3.8) is 0 Å². The van der Waals surface area contributed by atoms with Crippen LogP contribution in [-0.4, -0.2) is 9.78 Å². The number of nitrogen functional groups attached to an aromatic ring is 1. The second kappa shape index (κ2) is 4.26. The standard InChI is InChI=1S/C12H15N3O/c1-9-4-3-5-11(6-9)16-8-15-10(2)7-12(13)14-15/h3-7H,8H2,1-2H3,(H2,13,14). The third kappa shape index (κ3) is 2.34. The first-order valence-corrected chi connectivity index (χ1v) is 5.14. The van der Waals surface area contributed by atoms with Crippen molar-refractivity contribution in [3.05, 3.63) is 41.6 Å². The molecule has 0 aliphatic carbocycles. The van der Waals surface area contributed by atoms with E-state index in [1.807, 2.05) is 44.2 Å². The Bertz CT molecular complexity index is 491. The Morgan fingerprint density at radius 3 is 2.75 bits per heavy atom. The SMILES string of the molecule is Cc1cccc(OCn2nc(N)cc2C)c1. The maximum absolute atomic E-state index is 5.61. The van der Waals surface area contributed by atoms with Crippen LogP contribution in [0.2, 0.25) is 0 Å². The van der Waals surface area contributed by atoms with Crippen LogP contribution in [0.4, 0.5) is 5.82 Å². The maximum Gasteiger partial charge on any atom is 0.181 e. The van der Waals surface area contributed by atoms with Crippen molar-refractivity contribution in [3.8, 4) is 5.75 Å². The van der Waals surface area contributed by atoms with E-state index in [2.05, 4.69) is 5.10 Å². The molecular weight excluding hydrogens is 202 g/mol. The van der Waals surface area contributed by atoms with E-state index < -0.39 is 0 Å². The van der Waals surface area contributed by atoms with E-state index in [9.17, 15) is 0 Å². The number of hydrogen-bond acceptors (Lipinski definition) is 3. The second-order valence-corrected chi connectivity index (χ2v) is 3.80. The number of benzene rings is 1. The first-order valence-electron chi connectivity index (χ1n) is 5.14. The Hall–Kier alpha value is -1.97. The van der Waals surface area contributed by atoms with Crippen LogP contribution in [-0.2, 0) is 6.73 Å². The van der Waals surface area contributed by atoms with Crippen LogP contribution < -0.4 is 10.5 Å². The number of ether oxygens (including phenoxy) is 1. The quantitative estimate of drug-likeness (QED) is 0.856. The first-order chi connectivity index (χ1) is 7.65. The smallest absolute Gasteiger partial charge is 0.181 e. The highest BCUT2D eigenvalue weighted by molar-refractivity contribution is 5.29. The summed E-state index contributed by atoms with van der Waals surface area (Å²) in [6.45, 7) is 4.36. The number of hydrogen-bond donors (Lipinski definition) is 1. The molecule has 0 fully saturated rings. The van der Waals surface area contributed by atoms with Crippen LogP contribution in [0.15, 0.2) is 30.3 Å². The summed E-state index contributed by atoms with van der Waals surface area (Å²) < 4.78 is 7.35. The molecule has 84 valence electrons. The molecule has 0 atom stereocenters. The van der Waals surface area contributed by atoms with Gasteiger partial charge in [0.2, 0.25) is 0 Å². The Labute approximate surface area is 94.6 Å². The summed E-state index contributed by atoms with van der Waals surface area (Å²) >= 11 is 0. The average molecular weight is 217 g/mol. The maximum atomic E-state index is 5.61. The lowest BCUT2D eigenvalue weighted by atomic mass is 10.2. The van der Waals surface area contributed by atoms with Crippen molar-refractivity contribution in [2.45, 2.75) is 20.6 Å². The molecule has 2 rings (SSSR count). The summed E-state index contributed by atoms with van der Waals surface area (Å²) in [6, 6.07) is 9.73. The predicted molar refractivity (Wildman–Crippen MR) is 63.2 cm³/mol. The van der Waals surface area contributed by atoms with Crippen molar-refractivity contribution >= 4 is 5.82 Å². The Kier molecular flexibility index (Phi) is 2.81. The van der Waals surface area contributed by atoms with Gasteiger partial charge in [-0.1, -0.05) is 12.1 Å². The van der Waals surface area contributed by atoms with Gasteiger partial charge in [0.05, 0.1) is 0 Å². The van der Waals surface area contributed by atoms with E-state index in [-0.39, 0.29) is 0 Å². The van der Waals surface area contributed by atoms with Crippen molar-refractivity contribution in [2.24, 2.45) is 0 Å². The number of nitrogens with zero attached hydrogens (tertiary/aromatic N) is 2. The minimum Gasteiger partial charge on any atom is -0.471 e. The number of aromatic nitrogens is 2. The van der Waals surface area contributed by atoms with Gasteiger partial charge >= 0.3 is 0 Å². The van der Waals surface area contributed by atoms with Gasteiger partial charge in [-0.3, -0.25) is 0 Å². The van der Waals surface area contributed by atoms with Crippen molar-refractivity contribution in [1.82, 2.24) is 9.78 Å². The predicted octanol–water partition coefficient (Wildman–Crippen LogP) is 2.12. The van der Waals surface area contributed by atoms with Gasteiger partial charge in [-0.2, -0.15) is 5.10 Å². The summed E-state index contributed by atoms with van der Waals surface area (Å²) in [7, 11) is 0. The molecule has 4 nitrogen and oxygen atoms in total. The fraction of sp³-hybridized carbons (Fsp3) is 0.250. The molecule has 0 bridgehead atoms. The minimum absolute atomic E-state index is 0.381. The molecule has 0 radical (unpaired) electrons. The molecule has 0 amide bonds. The molecule has 1 aromatic heterocycles. The summed E-state index contributed by atoms with van der Waals surface area (Å²) in [5.74, 6) is 1.36. The average Bonchev–Trinajstić information content (AvgIpc) is 2.54. The zero-order valence-corrected chi connectivity index (χ0v) is 9.47. The second-order valence-electron chi connectivity index (χ2n) is 3.80. The highest BCUT2D eigenvalue weighted by Crippen LogP contribution is 2.13. The van der Waals surface area contributed by atoms with E-state index in [1.54, 1.807) is 4.68 Å². The van der Waals surface area contributed by atoms with Crippen molar-refractivity contribution in [2.75, 3.05) is 5.73 Å². The van der Waals surface area contributed by atoms with Gasteiger partial charge < -0.3 is 10.5 Å². The molecule has 16 heavy (non-hydrogen) atoms. The molecule has 0 unspecified atom stereocenters. The number of anilines is 1. The van der Waals surface area contributed by atoms with Gasteiger partial charge in [-0.05, 0) is 31.5 Å². The largest absolute Gasteiger partial charge is 0.471 e. The minimum atomic E-state index is 0.381. The van der Waals surface area contributed by atoms with Crippen LogP contribution in [0.5, 0.6) is 5.75 Å². The Balaban J connectivity index is 2.05. The lowest BCUT2D eigenvalue weighted by molar-refractivity contribution is 0.218. The molecule has 0 saturated heterocycles. The van der Waals surface area contributed by atoms with E-state index in [4.69, 9.17) is 10.5 Å². The molecule has 4 heteroatoms. The first kappa shape index (κ1) is 10.5. The van der Waals surface area contributed by atoms with Crippen LogP contribution in [0, 0.1) is 13.8 Å². The molecule has 0 saturated carbocycles. The third-order valence-electron chi connectivity index (χ3n) is 2.34. The molecule has 1 heterocycles. The fourth-order valence-electron chi connectivity index (χ4n) is 1.51. The summed E-state index contributed by atoms with van der Waals surface area (Å²) in [4.78, 5) is 0. The molecule has 1 aromatic carbocycles. The number of rotatable bonds is 3. The summed E-state index contributed by atoms with van der Waals surface area (Å²) in [6.07, 6.45) is 0. The van der Waals surface area contributed by atoms with Crippen LogP contribution in [0.25, 0.3) is 0 Å². The van der Waals surface area contributed by atoms with Crippen LogP contribution in [0.3, 0.4) is 0 Å². The normalized spacial score (nSPS) is 10.4. The fourth-order valence-corrected chi connectivity index (χ4v) is 1.51. The van der Waals surface area contributed by atoms with E-state index in [1.165, 1.54) is 5.56 Å². The van der Waals surface area contributed by atoms with Gasteiger partial charge in [0.1, 0.15) is 11.6 Å². The highest BCUT2D eigenvalue weighted by atomic mass is 16.5. The van der Waals surface area contributed by atoms with Crippen LogP contribution >= 0.6 is 0 Å². The number of nitrogens with two attached hydrogens (primary N) is 1. The molecule has 0 aliphatic heterocycles. The summed E-state index contributed by atoms with van der Waals surface area (Å²) in [5.41, 5.74) is 7.75. The number of aryl methyl sites for hydroxylation is 2. The zero-order chi connectivity index (χ0) is 11.5. The van der Waals surface area contributed by atoms with Gasteiger partial charge in [0.25, 0.3) is 0 Å². The van der Waals surface area contributed by atoms with Gasteiger partial charge in [-0.25, -0.2) is 4.68 Å².